The summed E-state index contributed by atoms with van der Waals surface area (Å²) in [5, 5.41) is 22.4. The van der Waals surface area contributed by atoms with E-state index in [1.807, 2.05) is 0 Å². The number of carbonyl (C=O) groups excluding carboxylic acids is 1. The molecule has 0 fully saturated rings. The first kappa shape index (κ1) is 23.0. The van der Waals surface area contributed by atoms with Crippen molar-refractivity contribution in [1.29, 1.82) is 0 Å². The Balaban J connectivity index is 1.69. The number of amides is 1. The number of carbonyl (C=O) groups is 1. The summed E-state index contributed by atoms with van der Waals surface area (Å²) in [6.45, 7) is 5.63. The first-order chi connectivity index (χ1) is 16.3. The van der Waals surface area contributed by atoms with Gasteiger partial charge in [-0.25, -0.2) is 0 Å². The molecule has 0 radical (unpaired) electrons. The van der Waals surface area contributed by atoms with E-state index in [1.54, 1.807) is 41.7 Å². The van der Waals surface area contributed by atoms with Gasteiger partial charge in [0.15, 0.2) is 5.16 Å². The van der Waals surface area contributed by atoms with Crippen molar-refractivity contribution in [2.45, 2.75) is 23.9 Å². The molecule has 2 heterocycles. The molecule has 2 aromatic heterocycles. The minimum Gasteiger partial charge on any atom is -0.495 e. The Morgan fingerprint density at radius 2 is 2.09 bits per heavy atom. The van der Waals surface area contributed by atoms with Crippen LogP contribution in [0.4, 0.5) is 11.4 Å². The number of ether oxygens (including phenoxy) is 1. The lowest BCUT2D eigenvalue weighted by atomic mass is 10.2. The van der Waals surface area contributed by atoms with Crippen molar-refractivity contribution < 1.29 is 14.5 Å². The zero-order valence-corrected chi connectivity index (χ0v) is 19.1. The molecule has 1 N–H and O–H groups in total. The lowest BCUT2D eigenvalue weighted by molar-refractivity contribution is -0.384. The molecule has 0 saturated carbocycles. The highest BCUT2D eigenvalue weighted by Crippen LogP contribution is 2.31. The molecule has 4 aromatic rings. The van der Waals surface area contributed by atoms with Crippen LogP contribution in [0.15, 0.2) is 65.1 Å². The van der Waals surface area contributed by atoms with Crippen molar-refractivity contribution in [3.8, 4) is 5.75 Å². The monoisotopic (exact) mass is 480 g/mol. The molecule has 1 amide bonds. The van der Waals surface area contributed by atoms with E-state index >= 15 is 0 Å². The van der Waals surface area contributed by atoms with Crippen LogP contribution >= 0.6 is 11.8 Å². The van der Waals surface area contributed by atoms with E-state index in [-0.39, 0.29) is 23.5 Å². The van der Waals surface area contributed by atoms with Crippen LogP contribution in [0.3, 0.4) is 0 Å². The number of nitrogens with zero attached hydrogens (tertiary/aromatic N) is 5. The molecule has 4 rings (SSSR count). The Hall–Kier alpha value is -4.19. The molecule has 0 aliphatic heterocycles. The van der Waals surface area contributed by atoms with Crippen molar-refractivity contribution in [1.82, 2.24) is 19.2 Å². The molecule has 34 heavy (non-hydrogen) atoms. The van der Waals surface area contributed by atoms with Gasteiger partial charge in [0.1, 0.15) is 5.75 Å². The summed E-state index contributed by atoms with van der Waals surface area (Å²) < 4.78 is 8.40. The second-order valence-electron chi connectivity index (χ2n) is 7.23. The summed E-state index contributed by atoms with van der Waals surface area (Å²) >= 11 is 1.14. The van der Waals surface area contributed by atoms with E-state index in [0.717, 1.165) is 11.8 Å². The third kappa shape index (κ3) is 4.10. The van der Waals surface area contributed by atoms with Gasteiger partial charge in [-0.1, -0.05) is 30.0 Å². The third-order valence-corrected chi connectivity index (χ3v) is 6.14. The van der Waals surface area contributed by atoms with Crippen LogP contribution in [0.2, 0.25) is 0 Å². The van der Waals surface area contributed by atoms with Gasteiger partial charge in [0.25, 0.3) is 11.2 Å². The van der Waals surface area contributed by atoms with E-state index in [2.05, 4.69) is 22.1 Å². The second-order valence-corrected chi connectivity index (χ2v) is 8.54. The Labute approximate surface area is 197 Å². The van der Waals surface area contributed by atoms with Crippen molar-refractivity contribution >= 4 is 45.7 Å². The number of non-ortho nitro benzene ring substituents is 1. The Morgan fingerprint density at radius 3 is 2.79 bits per heavy atom. The van der Waals surface area contributed by atoms with Crippen LogP contribution in [0.1, 0.15) is 6.92 Å². The summed E-state index contributed by atoms with van der Waals surface area (Å²) in [7, 11) is 1.41. The van der Waals surface area contributed by atoms with Crippen LogP contribution in [-0.4, -0.2) is 42.4 Å². The number of nitrogens with one attached hydrogen (secondary N) is 1. The molecule has 11 nitrogen and oxygen atoms in total. The number of thioether (sulfide) groups is 1. The van der Waals surface area contributed by atoms with Crippen molar-refractivity contribution in [3.05, 3.63) is 75.6 Å². The zero-order valence-electron chi connectivity index (χ0n) is 18.3. The average Bonchev–Trinajstić information content (AvgIpc) is 3.25. The fourth-order valence-electron chi connectivity index (χ4n) is 3.46. The number of allylic oxidation sites excluding steroid dienone is 1. The minimum absolute atomic E-state index is 0.175. The molecule has 2 aromatic carbocycles. The molecule has 0 spiro atoms. The number of anilines is 1. The summed E-state index contributed by atoms with van der Waals surface area (Å²) in [6.07, 6.45) is 1.60. The number of rotatable bonds is 8. The van der Waals surface area contributed by atoms with E-state index in [4.69, 9.17) is 4.74 Å². The largest absolute Gasteiger partial charge is 0.495 e. The van der Waals surface area contributed by atoms with Gasteiger partial charge in [-0.3, -0.25) is 28.7 Å². The van der Waals surface area contributed by atoms with Crippen LogP contribution in [0, 0.1) is 10.1 Å². The number of nitro groups is 1. The zero-order chi connectivity index (χ0) is 24.4. The molecular formula is C22H20N6O5S. The predicted molar refractivity (Wildman–Crippen MR) is 129 cm³/mol. The van der Waals surface area contributed by atoms with Gasteiger partial charge in [0, 0.05) is 18.7 Å². The van der Waals surface area contributed by atoms with Gasteiger partial charge in [0.2, 0.25) is 11.7 Å². The lowest BCUT2D eigenvalue weighted by Crippen LogP contribution is -2.24. The van der Waals surface area contributed by atoms with E-state index in [0.29, 0.717) is 27.6 Å². The van der Waals surface area contributed by atoms with Gasteiger partial charge < -0.3 is 10.1 Å². The standard InChI is InChI=1S/C22H20N6O5S/c1-4-11-26-20(30)15-7-5-6-8-17(15)27-21(26)24-25-22(27)34-13(2)19(29)23-16-12-14(28(31)32)9-10-18(16)33-3/h4-10,12-13H,1,11H2,2-3H3,(H,23,29)/t13-/m0/s1. The Bertz CT molecular complexity index is 1490. The number of nitro benzene ring substituents is 1. The number of para-hydroxylation sites is 1. The Kier molecular flexibility index (Phi) is 6.32. The summed E-state index contributed by atoms with van der Waals surface area (Å²) in [5.41, 5.74) is 0.413. The minimum atomic E-state index is -0.657. The maximum absolute atomic E-state index is 12.9. The molecule has 0 saturated heterocycles. The smallest absolute Gasteiger partial charge is 0.271 e. The van der Waals surface area contributed by atoms with Crippen molar-refractivity contribution in [3.63, 3.8) is 0 Å². The lowest BCUT2D eigenvalue weighted by Gasteiger charge is -2.14. The summed E-state index contributed by atoms with van der Waals surface area (Å²) in [5.74, 6) is 0.215. The van der Waals surface area contributed by atoms with E-state index < -0.39 is 16.1 Å². The molecule has 0 aliphatic carbocycles. The highest BCUT2D eigenvalue weighted by molar-refractivity contribution is 8.00. The average molecular weight is 481 g/mol. The molecular weight excluding hydrogens is 460 g/mol. The fraction of sp³-hybridized carbons (Fsp3) is 0.182. The second kappa shape index (κ2) is 9.35. The number of methoxy groups -OCH3 is 1. The fourth-order valence-corrected chi connectivity index (χ4v) is 4.31. The molecule has 12 heteroatoms. The molecule has 0 aliphatic rings. The van der Waals surface area contributed by atoms with Crippen LogP contribution in [0.25, 0.3) is 16.7 Å². The SMILES string of the molecule is C=CCn1c(=O)c2ccccc2n2c(S[C@@H](C)C(=O)Nc3cc([N+](=O)[O-])ccc3OC)nnc12. The first-order valence-corrected chi connectivity index (χ1v) is 11.0. The first-order valence-electron chi connectivity index (χ1n) is 10.1. The van der Waals surface area contributed by atoms with Gasteiger partial charge in [-0.05, 0) is 25.1 Å². The third-order valence-electron chi connectivity index (χ3n) is 5.09. The number of benzene rings is 2. The van der Waals surface area contributed by atoms with Crippen LogP contribution < -0.4 is 15.6 Å². The predicted octanol–water partition coefficient (Wildman–Crippen LogP) is 3.27. The quantitative estimate of drug-likeness (QED) is 0.176. The molecule has 0 bridgehead atoms. The van der Waals surface area contributed by atoms with E-state index in [1.165, 1.54) is 29.9 Å². The van der Waals surface area contributed by atoms with Crippen molar-refractivity contribution in [2.24, 2.45) is 0 Å². The molecule has 1 atom stereocenters. The normalized spacial score (nSPS) is 11.9. The number of hydrogen-bond donors (Lipinski definition) is 1. The summed E-state index contributed by atoms with van der Waals surface area (Å²) in [6, 6.07) is 11.0. The molecule has 0 unspecified atom stereocenters. The highest BCUT2D eigenvalue weighted by Gasteiger charge is 2.23. The van der Waals surface area contributed by atoms with Gasteiger partial charge in [-0.15, -0.1) is 16.8 Å². The maximum atomic E-state index is 12.9. The highest BCUT2D eigenvalue weighted by atomic mass is 32.2. The molecule has 174 valence electrons. The van der Waals surface area contributed by atoms with Gasteiger partial charge in [0.05, 0.1) is 33.9 Å². The van der Waals surface area contributed by atoms with E-state index in [9.17, 15) is 19.7 Å². The topological polar surface area (TPSA) is 134 Å². The Morgan fingerprint density at radius 1 is 1.32 bits per heavy atom. The van der Waals surface area contributed by atoms with Crippen LogP contribution in [0.5, 0.6) is 5.75 Å². The van der Waals surface area contributed by atoms with Gasteiger partial charge >= 0.3 is 0 Å². The van der Waals surface area contributed by atoms with Crippen LogP contribution in [-0.2, 0) is 11.3 Å². The number of aromatic nitrogens is 4. The maximum Gasteiger partial charge on any atom is 0.271 e. The number of fused-ring (bicyclic) bond motifs is 3. The number of hydrogen-bond acceptors (Lipinski definition) is 8. The van der Waals surface area contributed by atoms with Crippen molar-refractivity contribution in [2.75, 3.05) is 12.4 Å². The van der Waals surface area contributed by atoms with Gasteiger partial charge in [-0.2, -0.15) is 0 Å². The summed E-state index contributed by atoms with van der Waals surface area (Å²) in [4.78, 5) is 36.4.